The molecule has 2 aromatic rings. The average Bonchev–Trinajstić information content (AvgIpc) is 2.77. The summed E-state index contributed by atoms with van der Waals surface area (Å²) in [5, 5.41) is 3.42. The van der Waals surface area contributed by atoms with E-state index in [9.17, 15) is 14.4 Å². The number of carbonyl (C=O) groups is 3. The minimum Gasteiger partial charge on any atom is -0.341 e. The van der Waals surface area contributed by atoms with E-state index in [0.717, 1.165) is 5.56 Å². The van der Waals surface area contributed by atoms with Crippen LogP contribution >= 0.6 is 11.6 Å². The third-order valence-electron chi connectivity index (χ3n) is 5.56. The summed E-state index contributed by atoms with van der Waals surface area (Å²) in [4.78, 5) is 40.1. The Bertz CT molecular complexity index is 888. The third-order valence-corrected chi connectivity index (χ3v) is 5.81. The first-order chi connectivity index (χ1) is 14.4. The molecule has 3 rings (SSSR count). The molecule has 1 unspecified atom stereocenters. The van der Waals surface area contributed by atoms with Crippen molar-refractivity contribution in [1.29, 1.82) is 0 Å². The van der Waals surface area contributed by atoms with Gasteiger partial charge >= 0.3 is 0 Å². The van der Waals surface area contributed by atoms with Crippen LogP contribution in [0.15, 0.2) is 54.6 Å². The lowest BCUT2D eigenvalue weighted by molar-refractivity contribution is -0.135. The maximum Gasteiger partial charge on any atom is 0.251 e. The highest BCUT2D eigenvalue weighted by Crippen LogP contribution is 2.23. The van der Waals surface area contributed by atoms with Gasteiger partial charge in [0.05, 0.1) is 0 Å². The van der Waals surface area contributed by atoms with Gasteiger partial charge < -0.3 is 10.2 Å². The van der Waals surface area contributed by atoms with E-state index < -0.39 is 6.04 Å². The van der Waals surface area contributed by atoms with E-state index in [4.69, 9.17) is 11.6 Å². The van der Waals surface area contributed by atoms with E-state index in [-0.39, 0.29) is 29.4 Å². The number of likely N-dealkylation sites (tertiary alicyclic amines) is 1. The highest BCUT2D eigenvalue weighted by Gasteiger charge is 2.33. The summed E-state index contributed by atoms with van der Waals surface area (Å²) >= 11 is 5.88. The fraction of sp³-hybridized carbons (Fsp3) is 0.375. The van der Waals surface area contributed by atoms with Gasteiger partial charge in [-0.2, -0.15) is 0 Å². The van der Waals surface area contributed by atoms with E-state index in [2.05, 4.69) is 5.32 Å². The van der Waals surface area contributed by atoms with E-state index in [0.29, 0.717) is 36.5 Å². The van der Waals surface area contributed by atoms with Gasteiger partial charge in [-0.15, -0.1) is 0 Å². The Hall–Kier alpha value is -2.66. The molecule has 0 radical (unpaired) electrons. The normalized spacial score (nSPS) is 15.7. The highest BCUT2D eigenvalue weighted by atomic mass is 35.5. The van der Waals surface area contributed by atoms with Crippen LogP contribution in [0.25, 0.3) is 0 Å². The molecule has 1 saturated heterocycles. The third kappa shape index (κ3) is 5.28. The number of rotatable bonds is 6. The molecule has 158 valence electrons. The first kappa shape index (κ1) is 22.0. The topological polar surface area (TPSA) is 66.5 Å². The smallest absolute Gasteiger partial charge is 0.251 e. The van der Waals surface area contributed by atoms with Crippen LogP contribution in [0.2, 0.25) is 5.02 Å². The van der Waals surface area contributed by atoms with Crippen molar-refractivity contribution in [3.63, 3.8) is 0 Å². The standard InChI is InChI=1S/C24H27ClN2O3/c1-16(2)21(26-23(29)19-8-10-20(25)11-9-19)24(30)27-14-12-18(13-15-27)22(28)17-6-4-3-5-7-17/h3-11,16,18,21H,12-15H2,1-2H3,(H,26,29). The summed E-state index contributed by atoms with van der Waals surface area (Å²) in [6.07, 6.45) is 1.27. The summed E-state index contributed by atoms with van der Waals surface area (Å²) in [7, 11) is 0. The minimum absolute atomic E-state index is 0.0579. The summed E-state index contributed by atoms with van der Waals surface area (Å²) in [6.45, 7) is 4.86. The van der Waals surface area contributed by atoms with Crippen LogP contribution in [0.1, 0.15) is 47.4 Å². The molecule has 2 aromatic carbocycles. The number of Topliss-reactive ketones (excluding diaryl/α,β-unsaturated/α-hetero) is 1. The van der Waals surface area contributed by atoms with Gasteiger partial charge in [0.1, 0.15) is 6.04 Å². The molecule has 0 saturated carbocycles. The Morgan fingerprint density at radius 2 is 1.53 bits per heavy atom. The number of amides is 2. The molecular weight excluding hydrogens is 400 g/mol. The number of carbonyl (C=O) groups excluding carboxylic acids is 3. The van der Waals surface area contributed by atoms with Crippen molar-refractivity contribution >= 4 is 29.2 Å². The van der Waals surface area contributed by atoms with Crippen molar-refractivity contribution < 1.29 is 14.4 Å². The molecule has 0 aromatic heterocycles. The van der Waals surface area contributed by atoms with Crippen LogP contribution in [-0.4, -0.2) is 41.6 Å². The molecule has 1 aliphatic heterocycles. The van der Waals surface area contributed by atoms with Crippen molar-refractivity contribution in [2.45, 2.75) is 32.7 Å². The van der Waals surface area contributed by atoms with Crippen LogP contribution in [-0.2, 0) is 4.79 Å². The minimum atomic E-state index is -0.616. The molecule has 0 spiro atoms. The number of ketones is 1. The van der Waals surface area contributed by atoms with E-state index in [1.54, 1.807) is 29.2 Å². The summed E-state index contributed by atoms with van der Waals surface area (Å²) in [6, 6.07) is 15.2. The highest BCUT2D eigenvalue weighted by molar-refractivity contribution is 6.30. The largest absolute Gasteiger partial charge is 0.341 e. The zero-order chi connectivity index (χ0) is 21.7. The first-order valence-corrected chi connectivity index (χ1v) is 10.7. The second-order valence-electron chi connectivity index (χ2n) is 8.03. The quantitative estimate of drug-likeness (QED) is 0.703. The second kappa shape index (κ2) is 9.90. The molecule has 1 heterocycles. The predicted molar refractivity (Wildman–Crippen MR) is 118 cm³/mol. The number of nitrogens with one attached hydrogen (secondary N) is 1. The van der Waals surface area contributed by atoms with Crippen LogP contribution in [0.4, 0.5) is 0 Å². The van der Waals surface area contributed by atoms with Gasteiger partial charge in [-0.3, -0.25) is 14.4 Å². The molecule has 30 heavy (non-hydrogen) atoms. The Morgan fingerprint density at radius 1 is 0.933 bits per heavy atom. The summed E-state index contributed by atoms with van der Waals surface area (Å²) in [5.41, 5.74) is 1.18. The zero-order valence-corrected chi connectivity index (χ0v) is 18.1. The molecule has 6 heteroatoms. The zero-order valence-electron chi connectivity index (χ0n) is 17.3. The molecule has 2 amide bonds. The molecule has 0 bridgehead atoms. The molecule has 1 fully saturated rings. The Labute approximate surface area is 182 Å². The van der Waals surface area contributed by atoms with Gasteiger partial charge in [0.25, 0.3) is 5.91 Å². The average molecular weight is 427 g/mol. The fourth-order valence-corrected chi connectivity index (χ4v) is 3.86. The van der Waals surface area contributed by atoms with Gasteiger partial charge in [0.2, 0.25) is 5.91 Å². The molecule has 0 aliphatic carbocycles. The Morgan fingerprint density at radius 3 is 2.10 bits per heavy atom. The molecule has 5 nitrogen and oxygen atoms in total. The molecule has 1 aliphatic rings. The predicted octanol–water partition coefficient (Wildman–Crippen LogP) is 4.22. The summed E-state index contributed by atoms with van der Waals surface area (Å²) in [5.74, 6) is -0.389. The van der Waals surface area contributed by atoms with Gasteiger partial charge in [-0.25, -0.2) is 0 Å². The maximum atomic E-state index is 13.1. The first-order valence-electron chi connectivity index (χ1n) is 10.3. The van der Waals surface area contributed by atoms with Crippen molar-refractivity contribution in [1.82, 2.24) is 10.2 Å². The fourth-order valence-electron chi connectivity index (χ4n) is 3.74. The monoisotopic (exact) mass is 426 g/mol. The molecule has 1 atom stereocenters. The number of nitrogens with zero attached hydrogens (tertiary/aromatic N) is 1. The van der Waals surface area contributed by atoms with E-state index in [1.165, 1.54) is 0 Å². The van der Waals surface area contributed by atoms with Gasteiger partial charge in [-0.05, 0) is 43.0 Å². The van der Waals surface area contributed by atoms with Gasteiger partial charge in [-0.1, -0.05) is 55.8 Å². The number of hydrogen-bond donors (Lipinski definition) is 1. The Balaban J connectivity index is 1.60. The number of benzene rings is 2. The lowest BCUT2D eigenvalue weighted by atomic mass is 9.88. The van der Waals surface area contributed by atoms with Crippen LogP contribution in [0.5, 0.6) is 0 Å². The van der Waals surface area contributed by atoms with E-state index in [1.807, 2.05) is 44.2 Å². The van der Waals surface area contributed by atoms with Crippen LogP contribution in [0, 0.1) is 11.8 Å². The van der Waals surface area contributed by atoms with E-state index >= 15 is 0 Å². The second-order valence-corrected chi connectivity index (χ2v) is 8.47. The SMILES string of the molecule is CC(C)C(NC(=O)c1ccc(Cl)cc1)C(=O)N1CCC(C(=O)c2ccccc2)CC1. The number of halogens is 1. The van der Waals surface area contributed by atoms with Crippen LogP contribution < -0.4 is 5.32 Å². The maximum absolute atomic E-state index is 13.1. The summed E-state index contributed by atoms with van der Waals surface area (Å²) < 4.78 is 0. The van der Waals surface area contributed by atoms with Gasteiger partial charge in [0, 0.05) is 35.2 Å². The van der Waals surface area contributed by atoms with Crippen LogP contribution in [0.3, 0.4) is 0 Å². The lowest BCUT2D eigenvalue weighted by Crippen LogP contribution is -2.53. The van der Waals surface area contributed by atoms with Gasteiger partial charge in [0.15, 0.2) is 5.78 Å². The number of hydrogen-bond acceptors (Lipinski definition) is 3. The van der Waals surface area contributed by atoms with Crippen molar-refractivity contribution in [2.75, 3.05) is 13.1 Å². The molecular formula is C24H27ClN2O3. The Kier molecular flexibility index (Phi) is 7.27. The number of piperidine rings is 1. The van der Waals surface area contributed by atoms with Crippen molar-refractivity contribution in [2.24, 2.45) is 11.8 Å². The van der Waals surface area contributed by atoms with Crippen molar-refractivity contribution in [3.8, 4) is 0 Å². The molecule has 1 N–H and O–H groups in total. The van der Waals surface area contributed by atoms with Crippen molar-refractivity contribution in [3.05, 3.63) is 70.7 Å². The lowest BCUT2D eigenvalue weighted by Gasteiger charge is -2.35.